The lowest BCUT2D eigenvalue weighted by Gasteiger charge is -2.29. The Hall–Kier alpha value is -0.610. The SMILES string of the molecule is CNC(C)C(F)(CF)c1ccc2c(c1)CCS2. The molecule has 1 nitrogen and oxygen atoms in total. The molecule has 1 aliphatic rings. The summed E-state index contributed by atoms with van der Waals surface area (Å²) >= 11 is 1.78. The third-order valence-electron chi connectivity index (χ3n) is 3.48. The molecule has 0 saturated carbocycles. The van der Waals surface area contributed by atoms with Gasteiger partial charge < -0.3 is 5.32 Å². The van der Waals surface area contributed by atoms with Crippen LogP contribution in [-0.4, -0.2) is 25.5 Å². The Morgan fingerprint density at radius 3 is 2.94 bits per heavy atom. The van der Waals surface area contributed by atoms with Crippen LogP contribution >= 0.6 is 11.8 Å². The summed E-state index contributed by atoms with van der Waals surface area (Å²) in [5.41, 5.74) is -0.341. The zero-order valence-electron chi connectivity index (χ0n) is 10.1. The minimum atomic E-state index is -1.93. The fourth-order valence-electron chi connectivity index (χ4n) is 2.12. The van der Waals surface area contributed by atoms with Gasteiger partial charge in [0, 0.05) is 16.7 Å². The Labute approximate surface area is 105 Å². The normalized spacial score (nSPS) is 19.8. The highest BCUT2D eigenvalue weighted by Crippen LogP contribution is 2.37. The van der Waals surface area contributed by atoms with Crippen LogP contribution in [0, 0.1) is 0 Å². The first-order valence-corrected chi connectivity index (χ1v) is 6.78. The summed E-state index contributed by atoms with van der Waals surface area (Å²) in [6.07, 6.45) is 0.949. The van der Waals surface area contributed by atoms with Crippen LogP contribution in [0.1, 0.15) is 18.1 Å². The van der Waals surface area contributed by atoms with Gasteiger partial charge in [-0.15, -0.1) is 11.8 Å². The van der Waals surface area contributed by atoms with Gasteiger partial charge in [-0.05, 0) is 37.6 Å². The molecule has 0 fully saturated rings. The predicted molar refractivity (Wildman–Crippen MR) is 68.2 cm³/mol. The molecular weight excluding hydrogens is 240 g/mol. The molecule has 0 amide bonds. The standard InChI is InChI=1S/C13H17F2NS/c1-9(16-2)13(15,8-14)11-3-4-12-10(7-11)5-6-17-12/h3-4,7,9,16H,5-6,8H2,1-2H3. The van der Waals surface area contributed by atoms with Gasteiger partial charge in [-0.1, -0.05) is 12.1 Å². The Morgan fingerprint density at radius 2 is 2.29 bits per heavy atom. The number of aryl methyl sites for hydroxylation is 1. The van der Waals surface area contributed by atoms with Crippen molar-refractivity contribution in [1.29, 1.82) is 0 Å². The summed E-state index contributed by atoms with van der Waals surface area (Å²) in [6, 6.07) is 4.90. The van der Waals surface area contributed by atoms with E-state index in [1.165, 1.54) is 4.90 Å². The quantitative estimate of drug-likeness (QED) is 0.889. The molecule has 0 saturated heterocycles. The molecule has 94 valence electrons. The van der Waals surface area contributed by atoms with E-state index in [2.05, 4.69) is 5.32 Å². The molecule has 1 aromatic rings. The maximum absolute atomic E-state index is 14.7. The van der Waals surface area contributed by atoms with Gasteiger partial charge in [0.25, 0.3) is 0 Å². The van der Waals surface area contributed by atoms with E-state index >= 15 is 0 Å². The average Bonchev–Trinajstić information content (AvgIpc) is 2.83. The van der Waals surface area contributed by atoms with E-state index < -0.39 is 18.4 Å². The number of halogens is 2. The Bertz CT molecular complexity index is 410. The maximum atomic E-state index is 14.7. The van der Waals surface area contributed by atoms with Crippen LogP contribution in [0.2, 0.25) is 0 Å². The fourth-order valence-corrected chi connectivity index (χ4v) is 3.17. The Morgan fingerprint density at radius 1 is 1.53 bits per heavy atom. The maximum Gasteiger partial charge on any atom is 0.178 e. The molecular formula is C13H17F2NS. The lowest BCUT2D eigenvalue weighted by molar-refractivity contribution is 0.0800. The molecule has 1 aliphatic heterocycles. The minimum absolute atomic E-state index is 0.447. The van der Waals surface area contributed by atoms with E-state index in [4.69, 9.17) is 0 Å². The molecule has 0 radical (unpaired) electrons. The molecule has 0 aromatic heterocycles. The predicted octanol–water partition coefficient (Wildman–Crippen LogP) is 3.08. The number of thioether (sulfide) groups is 1. The summed E-state index contributed by atoms with van der Waals surface area (Å²) in [7, 11) is 1.65. The lowest BCUT2D eigenvalue weighted by atomic mass is 9.89. The van der Waals surface area contributed by atoms with Crippen molar-refractivity contribution in [3.05, 3.63) is 29.3 Å². The average molecular weight is 257 g/mol. The molecule has 2 unspecified atom stereocenters. The van der Waals surface area contributed by atoms with Gasteiger partial charge >= 0.3 is 0 Å². The number of alkyl halides is 2. The van der Waals surface area contributed by atoms with Crippen molar-refractivity contribution in [2.24, 2.45) is 0 Å². The van der Waals surface area contributed by atoms with Gasteiger partial charge in [-0.2, -0.15) is 0 Å². The molecule has 0 bridgehead atoms. The number of rotatable bonds is 4. The summed E-state index contributed by atoms with van der Waals surface area (Å²) < 4.78 is 27.8. The van der Waals surface area contributed by atoms with Crippen LogP contribution < -0.4 is 5.32 Å². The number of nitrogens with one attached hydrogen (secondary N) is 1. The van der Waals surface area contributed by atoms with E-state index in [1.807, 2.05) is 12.1 Å². The third kappa shape index (κ3) is 2.20. The van der Waals surface area contributed by atoms with Gasteiger partial charge in [0.15, 0.2) is 5.67 Å². The number of likely N-dealkylation sites (N-methyl/N-ethyl adjacent to an activating group) is 1. The Kier molecular flexibility index (Phi) is 3.73. The van der Waals surface area contributed by atoms with Crippen LogP contribution in [0.15, 0.2) is 23.1 Å². The zero-order valence-corrected chi connectivity index (χ0v) is 10.9. The second-order valence-electron chi connectivity index (χ2n) is 4.43. The molecule has 1 heterocycles. The summed E-state index contributed by atoms with van der Waals surface area (Å²) in [5.74, 6) is 1.04. The summed E-state index contributed by atoms with van der Waals surface area (Å²) in [4.78, 5) is 1.20. The van der Waals surface area contributed by atoms with Gasteiger partial charge in [0.2, 0.25) is 0 Å². The van der Waals surface area contributed by atoms with Crippen molar-refractivity contribution in [3.8, 4) is 0 Å². The second-order valence-corrected chi connectivity index (χ2v) is 5.56. The van der Waals surface area contributed by atoms with Crippen molar-refractivity contribution in [3.63, 3.8) is 0 Å². The van der Waals surface area contributed by atoms with Crippen LogP contribution in [0.4, 0.5) is 8.78 Å². The van der Waals surface area contributed by atoms with E-state index in [9.17, 15) is 8.78 Å². The summed E-state index contributed by atoms with van der Waals surface area (Å²) in [6.45, 7) is 0.669. The largest absolute Gasteiger partial charge is 0.314 e. The van der Waals surface area contributed by atoms with Crippen molar-refractivity contribution in [2.75, 3.05) is 19.5 Å². The van der Waals surface area contributed by atoms with Crippen molar-refractivity contribution in [2.45, 2.75) is 30.0 Å². The lowest BCUT2D eigenvalue weighted by Crippen LogP contribution is -2.43. The van der Waals surface area contributed by atoms with Crippen LogP contribution in [0.5, 0.6) is 0 Å². The highest BCUT2D eigenvalue weighted by atomic mass is 32.2. The topological polar surface area (TPSA) is 12.0 Å². The molecule has 2 rings (SSSR count). The first-order chi connectivity index (χ1) is 8.11. The first kappa shape index (κ1) is 12.8. The van der Waals surface area contributed by atoms with Gasteiger partial charge in [0.1, 0.15) is 6.67 Å². The number of hydrogen-bond acceptors (Lipinski definition) is 2. The van der Waals surface area contributed by atoms with Gasteiger partial charge in [0.05, 0.1) is 0 Å². The molecule has 0 aliphatic carbocycles. The molecule has 1 aromatic carbocycles. The monoisotopic (exact) mass is 257 g/mol. The molecule has 0 spiro atoms. The summed E-state index contributed by atoms with van der Waals surface area (Å²) in [5, 5.41) is 2.80. The van der Waals surface area contributed by atoms with Gasteiger partial charge in [-0.25, -0.2) is 8.78 Å². The Balaban J connectivity index is 2.37. The van der Waals surface area contributed by atoms with Crippen molar-refractivity contribution in [1.82, 2.24) is 5.32 Å². The van der Waals surface area contributed by atoms with Crippen LogP contribution in [0.3, 0.4) is 0 Å². The molecule has 4 heteroatoms. The molecule has 1 N–H and O–H groups in total. The first-order valence-electron chi connectivity index (χ1n) is 5.80. The smallest absolute Gasteiger partial charge is 0.178 e. The van der Waals surface area contributed by atoms with Crippen molar-refractivity contribution >= 4 is 11.8 Å². The van der Waals surface area contributed by atoms with E-state index in [0.29, 0.717) is 5.56 Å². The van der Waals surface area contributed by atoms with Crippen LogP contribution in [0.25, 0.3) is 0 Å². The zero-order chi connectivity index (χ0) is 12.5. The third-order valence-corrected chi connectivity index (χ3v) is 4.60. The van der Waals surface area contributed by atoms with Gasteiger partial charge in [-0.3, -0.25) is 0 Å². The van der Waals surface area contributed by atoms with Crippen molar-refractivity contribution < 1.29 is 8.78 Å². The van der Waals surface area contributed by atoms with E-state index in [1.54, 1.807) is 31.8 Å². The highest BCUT2D eigenvalue weighted by Gasteiger charge is 2.38. The number of fused-ring (bicyclic) bond motifs is 1. The van der Waals surface area contributed by atoms with E-state index in [-0.39, 0.29) is 0 Å². The highest BCUT2D eigenvalue weighted by molar-refractivity contribution is 7.99. The molecule has 17 heavy (non-hydrogen) atoms. The number of benzene rings is 1. The molecule has 2 atom stereocenters. The fraction of sp³-hybridized carbons (Fsp3) is 0.538. The minimum Gasteiger partial charge on any atom is -0.314 e. The van der Waals surface area contributed by atoms with Crippen LogP contribution in [-0.2, 0) is 12.1 Å². The number of hydrogen-bond donors (Lipinski definition) is 1. The van der Waals surface area contributed by atoms with E-state index in [0.717, 1.165) is 17.7 Å². The second kappa shape index (κ2) is 4.94.